The molecule has 1 aliphatic rings. The predicted octanol–water partition coefficient (Wildman–Crippen LogP) is 4.72. The SMILES string of the molecule is CCc1ccc(-c2c(C)c(C(=O)NN3CCCCC3COCC(N)=O)nn2-c2ccc(Cl)cc2Cl)cc1. The monoisotopic (exact) mass is 543 g/mol. The number of halogens is 2. The van der Waals surface area contributed by atoms with E-state index in [1.807, 2.05) is 24.1 Å². The van der Waals surface area contributed by atoms with Gasteiger partial charge in [0, 0.05) is 22.7 Å². The van der Waals surface area contributed by atoms with Crippen LogP contribution in [0.3, 0.4) is 0 Å². The van der Waals surface area contributed by atoms with Crippen LogP contribution in [0, 0.1) is 6.92 Å². The van der Waals surface area contributed by atoms with Gasteiger partial charge >= 0.3 is 0 Å². The molecule has 1 unspecified atom stereocenters. The van der Waals surface area contributed by atoms with Crippen molar-refractivity contribution in [3.8, 4) is 16.9 Å². The molecule has 8 nitrogen and oxygen atoms in total. The Hall–Kier alpha value is -2.91. The largest absolute Gasteiger partial charge is 0.370 e. The van der Waals surface area contributed by atoms with Crippen molar-refractivity contribution in [2.24, 2.45) is 5.73 Å². The standard InChI is InChI=1S/C27H31Cl2N5O3/c1-3-18-7-9-19(10-8-18)26-17(2)25(31-34(26)23-12-11-20(28)14-22(23)29)27(36)32-33-13-5-4-6-21(33)15-37-16-24(30)35/h7-12,14,21H,3-6,13,15-16H2,1-2H3,(H2,30,35)(H,32,36). The Labute approximate surface area is 226 Å². The van der Waals surface area contributed by atoms with Crippen LogP contribution in [0.5, 0.6) is 0 Å². The third kappa shape index (κ3) is 6.33. The second-order valence-corrected chi connectivity index (χ2v) is 9.99. The summed E-state index contributed by atoms with van der Waals surface area (Å²) in [7, 11) is 0. The average molecular weight is 544 g/mol. The number of benzene rings is 2. The topological polar surface area (TPSA) is 102 Å². The Morgan fingerprint density at radius 1 is 1.16 bits per heavy atom. The second-order valence-electron chi connectivity index (χ2n) is 9.15. The maximum atomic E-state index is 13.5. The van der Waals surface area contributed by atoms with Crippen LogP contribution in [0.25, 0.3) is 16.9 Å². The molecular formula is C27H31Cl2N5O3. The lowest BCUT2D eigenvalue weighted by molar-refractivity contribution is -0.123. The van der Waals surface area contributed by atoms with Gasteiger partial charge in [0.25, 0.3) is 5.91 Å². The maximum Gasteiger partial charge on any atom is 0.286 e. The van der Waals surface area contributed by atoms with Crippen LogP contribution in [0.4, 0.5) is 0 Å². The molecule has 2 aromatic carbocycles. The van der Waals surface area contributed by atoms with Crippen LogP contribution in [0.2, 0.25) is 10.0 Å². The fourth-order valence-corrected chi connectivity index (χ4v) is 5.06. The van der Waals surface area contributed by atoms with Crippen molar-refractivity contribution in [1.82, 2.24) is 20.2 Å². The molecule has 0 saturated carbocycles. The Kier molecular flexibility index (Phi) is 8.87. The van der Waals surface area contributed by atoms with E-state index in [9.17, 15) is 9.59 Å². The fourth-order valence-electron chi connectivity index (χ4n) is 4.58. The number of carbonyl (C=O) groups is 2. The Morgan fingerprint density at radius 3 is 2.59 bits per heavy atom. The number of aromatic nitrogens is 2. The van der Waals surface area contributed by atoms with Crippen LogP contribution in [0.15, 0.2) is 42.5 Å². The Balaban J connectivity index is 1.68. The normalized spacial score (nSPS) is 16.1. The summed E-state index contributed by atoms with van der Waals surface area (Å²) < 4.78 is 7.15. The van der Waals surface area contributed by atoms with E-state index in [0.717, 1.165) is 42.5 Å². The number of nitrogens with two attached hydrogens (primary N) is 1. The van der Waals surface area contributed by atoms with E-state index in [4.69, 9.17) is 38.8 Å². The molecule has 2 amide bonds. The van der Waals surface area contributed by atoms with E-state index >= 15 is 0 Å². The van der Waals surface area contributed by atoms with Gasteiger partial charge in [-0.3, -0.25) is 15.0 Å². The highest BCUT2D eigenvalue weighted by Crippen LogP contribution is 2.33. The zero-order valence-corrected chi connectivity index (χ0v) is 22.5. The number of hydrogen-bond donors (Lipinski definition) is 2. The van der Waals surface area contributed by atoms with Crippen molar-refractivity contribution in [3.05, 3.63) is 69.3 Å². The maximum absolute atomic E-state index is 13.5. The minimum absolute atomic E-state index is 0.0637. The van der Waals surface area contributed by atoms with E-state index in [-0.39, 0.29) is 18.6 Å². The van der Waals surface area contributed by atoms with Crippen LogP contribution in [0.1, 0.15) is 47.8 Å². The molecule has 3 aromatic rings. The second kappa shape index (κ2) is 12.1. The molecule has 4 rings (SSSR count). The predicted molar refractivity (Wildman–Crippen MR) is 145 cm³/mol. The molecule has 1 aromatic heterocycles. The van der Waals surface area contributed by atoms with Gasteiger partial charge in [-0.05, 0) is 49.9 Å². The molecule has 2 heterocycles. The Morgan fingerprint density at radius 2 is 1.92 bits per heavy atom. The molecule has 1 fully saturated rings. The third-order valence-electron chi connectivity index (χ3n) is 6.54. The van der Waals surface area contributed by atoms with Gasteiger partial charge in [0.2, 0.25) is 5.91 Å². The van der Waals surface area contributed by atoms with Crippen molar-refractivity contribution in [2.75, 3.05) is 19.8 Å². The van der Waals surface area contributed by atoms with Crippen LogP contribution in [-0.4, -0.2) is 52.4 Å². The number of ether oxygens (including phenoxy) is 1. The van der Waals surface area contributed by atoms with Crippen LogP contribution in [-0.2, 0) is 16.0 Å². The highest BCUT2D eigenvalue weighted by atomic mass is 35.5. The zero-order chi connectivity index (χ0) is 26.5. The number of hydrogen-bond acceptors (Lipinski definition) is 5. The van der Waals surface area contributed by atoms with Crippen LogP contribution < -0.4 is 11.2 Å². The summed E-state index contributed by atoms with van der Waals surface area (Å²) in [4.78, 5) is 24.6. The smallest absolute Gasteiger partial charge is 0.286 e. The number of piperidine rings is 1. The van der Waals surface area contributed by atoms with Gasteiger partial charge in [-0.2, -0.15) is 5.10 Å². The summed E-state index contributed by atoms with van der Waals surface area (Å²) in [6.45, 7) is 4.81. The highest BCUT2D eigenvalue weighted by Gasteiger charge is 2.28. The molecule has 1 aliphatic heterocycles. The molecular weight excluding hydrogens is 513 g/mol. The van der Waals surface area contributed by atoms with Gasteiger partial charge in [-0.1, -0.05) is 60.8 Å². The summed E-state index contributed by atoms with van der Waals surface area (Å²) >= 11 is 12.7. The van der Waals surface area contributed by atoms with Crippen LogP contribution >= 0.6 is 23.2 Å². The summed E-state index contributed by atoms with van der Waals surface area (Å²) in [5.41, 5.74) is 12.8. The van der Waals surface area contributed by atoms with E-state index in [2.05, 4.69) is 24.5 Å². The third-order valence-corrected chi connectivity index (χ3v) is 7.08. The average Bonchev–Trinajstić information content (AvgIpc) is 3.21. The molecule has 1 saturated heterocycles. The summed E-state index contributed by atoms with van der Waals surface area (Å²) in [5, 5.41) is 7.53. The quantitative estimate of drug-likeness (QED) is 0.406. The first kappa shape index (κ1) is 27.1. The first-order chi connectivity index (χ1) is 17.8. The van der Waals surface area contributed by atoms with E-state index in [1.165, 1.54) is 5.56 Å². The molecule has 0 radical (unpaired) electrons. The number of aryl methyl sites for hydroxylation is 1. The molecule has 0 aliphatic carbocycles. The van der Waals surface area contributed by atoms with Crippen molar-refractivity contribution in [2.45, 2.75) is 45.6 Å². The lowest BCUT2D eigenvalue weighted by Gasteiger charge is -2.35. The van der Waals surface area contributed by atoms with Gasteiger partial charge in [-0.15, -0.1) is 0 Å². The lowest BCUT2D eigenvalue weighted by atomic mass is 10.0. The summed E-state index contributed by atoms with van der Waals surface area (Å²) in [6.07, 6.45) is 3.71. The first-order valence-corrected chi connectivity index (χ1v) is 13.1. The van der Waals surface area contributed by atoms with Gasteiger partial charge in [0.1, 0.15) is 6.61 Å². The van der Waals surface area contributed by atoms with Gasteiger partial charge in [0.15, 0.2) is 5.69 Å². The molecule has 0 bridgehead atoms. The van der Waals surface area contributed by atoms with Gasteiger partial charge in [-0.25, -0.2) is 9.69 Å². The van der Waals surface area contributed by atoms with Crippen molar-refractivity contribution < 1.29 is 14.3 Å². The van der Waals surface area contributed by atoms with Gasteiger partial charge < -0.3 is 10.5 Å². The fraction of sp³-hybridized carbons (Fsp3) is 0.370. The van der Waals surface area contributed by atoms with E-state index in [1.54, 1.807) is 22.9 Å². The molecule has 196 valence electrons. The molecule has 10 heteroatoms. The number of carbonyl (C=O) groups excluding carboxylic acids is 2. The number of nitrogens with one attached hydrogen (secondary N) is 1. The van der Waals surface area contributed by atoms with E-state index < -0.39 is 5.91 Å². The number of nitrogens with zero attached hydrogens (tertiary/aromatic N) is 3. The number of rotatable bonds is 9. The van der Waals surface area contributed by atoms with Crippen molar-refractivity contribution in [1.29, 1.82) is 0 Å². The Bertz CT molecular complexity index is 1280. The van der Waals surface area contributed by atoms with E-state index in [0.29, 0.717) is 34.6 Å². The zero-order valence-electron chi connectivity index (χ0n) is 21.0. The number of primary amides is 1. The first-order valence-electron chi connectivity index (χ1n) is 12.4. The van der Waals surface area contributed by atoms with Crippen molar-refractivity contribution in [3.63, 3.8) is 0 Å². The summed E-state index contributed by atoms with van der Waals surface area (Å²) in [6, 6.07) is 13.3. The molecule has 3 N–H and O–H groups in total. The van der Waals surface area contributed by atoms with Crippen molar-refractivity contribution >= 4 is 35.0 Å². The minimum atomic E-state index is -0.520. The number of amides is 2. The minimum Gasteiger partial charge on any atom is -0.370 e. The molecule has 1 atom stereocenters. The van der Waals surface area contributed by atoms with Gasteiger partial charge in [0.05, 0.1) is 29.1 Å². The summed E-state index contributed by atoms with van der Waals surface area (Å²) in [5.74, 6) is -0.845. The molecule has 37 heavy (non-hydrogen) atoms. The lowest BCUT2D eigenvalue weighted by Crippen LogP contribution is -2.53. The highest BCUT2D eigenvalue weighted by molar-refractivity contribution is 6.35. The number of hydrazine groups is 1. The molecule has 0 spiro atoms.